The van der Waals surface area contributed by atoms with E-state index in [1.165, 1.54) is 23.6 Å². The summed E-state index contributed by atoms with van der Waals surface area (Å²) >= 11 is 1.21. The standard InChI is InChI=1S/C23H19N3O4S/c1-15(27)17-7-4-8-19(11-17)26-22(29)14-31-23(26)25-24-21(28)13-30-20-10-9-16-5-2-3-6-18(16)12-20/h2-12H,13-14H2,1H3,(H,24,28)/b25-23-. The Balaban J connectivity index is 1.41. The molecular formula is C23H19N3O4S. The van der Waals surface area contributed by atoms with Crippen molar-refractivity contribution in [3.8, 4) is 5.75 Å². The fraction of sp³-hybridized carbons (Fsp3) is 0.130. The molecular weight excluding hydrogens is 414 g/mol. The maximum Gasteiger partial charge on any atom is 0.278 e. The molecule has 7 nitrogen and oxygen atoms in total. The first-order valence-electron chi connectivity index (χ1n) is 9.56. The number of rotatable bonds is 6. The van der Waals surface area contributed by atoms with Crippen molar-refractivity contribution in [3.63, 3.8) is 0 Å². The highest BCUT2D eigenvalue weighted by Crippen LogP contribution is 2.27. The van der Waals surface area contributed by atoms with Crippen molar-refractivity contribution >= 4 is 51.0 Å². The summed E-state index contributed by atoms with van der Waals surface area (Å²) in [6, 6.07) is 20.2. The molecule has 1 aliphatic rings. The third kappa shape index (κ3) is 4.75. The van der Waals surface area contributed by atoms with E-state index in [4.69, 9.17) is 4.74 Å². The van der Waals surface area contributed by atoms with Gasteiger partial charge in [-0.15, -0.1) is 5.10 Å². The molecule has 1 saturated heterocycles. The Bertz CT molecular complexity index is 1210. The van der Waals surface area contributed by atoms with E-state index in [1.807, 2.05) is 36.4 Å². The van der Waals surface area contributed by atoms with Gasteiger partial charge in [-0.3, -0.25) is 19.3 Å². The predicted octanol–water partition coefficient (Wildman–Crippen LogP) is 3.59. The lowest BCUT2D eigenvalue weighted by molar-refractivity contribution is -0.123. The van der Waals surface area contributed by atoms with Crippen LogP contribution in [0.3, 0.4) is 0 Å². The van der Waals surface area contributed by atoms with E-state index in [0.717, 1.165) is 10.8 Å². The number of amides is 2. The second kappa shape index (κ2) is 9.01. The maximum absolute atomic E-state index is 12.3. The van der Waals surface area contributed by atoms with E-state index in [0.29, 0.717) is 22.2 Å². The molecule has 0 aliphatic carbocycles. The van der Waals surface area contributed by atoms with Crippen molar-refractivity contribution in [2.75, 3.05) is 17.3 Å². The number of nitrogens with one attached hydrogen (secondary N) is 1. The highest BCUT2D eigenvalue weighted by atomic mass is 32.2. The molecule has 156 valence electrons. The van der Waals surface area contributed by atoms with Crippen molar-refractivity contribution in [1.29, 1.82) is 0 Å². The molecule has 3 aromatic carbocycles. The molecule has 1 heterocycles. The van der Waals surface area contributed by atoms with Crippen LogP contribution in [0.4, 0.5) is 5.69 Å². The minimum atomic E-state index is -0.446. The molecule has 1 aliphatic heterocycles. The summed E-state index contributed by atoms with van der Waals surface area (Å²) < 4.78 is 5.56. The first-order valence-corrected chi connectivity index (χ1v) is 10.5. The van der Waals surface area contributed by atoms with E-state index >= 15 is 0 Å². The third-order valence-electron chi connectivity index (χ3n) is 4.64. The number of ketones is 1. The van der Waals surface area contributed by atoms with Gasteiger partial charge in [-0.05, 0) is 42.0 Å². The number of carbonyl (C=O) groups is 3. The number of benzene rings is 3. The smallest absolute Gasteiger partial charge is 0.278 e. The highest BCUT2D eigenvalue weighted by molar-refractivity contribution is 8.15. The number of ether oxygens (including phenoxy) is 1. The van der Waals surface area contributed by atoms with Gasteiger partial charge in [0.1, 0.15) is 5.75 Å². The quantitative estimate of drug-likeness (QED) is 0.474. The Morgan fingerprint density at radius 1 is 1.06 bits per heavy atom. The Labute approximate surface area is 183 Å². The number of fused-ring (bicyclic) bond motifs is 1. The molecule has 4 rings (SSSR count). The zero-order valence-corrected chi connectivity index (χ0v) is 17.5. The van der Waals surface area contributed by atoms with Gasteiger partial charge in [0.05, 0.1) is 11.4 Å². The molecule has 3 aromatic rings. The van der Waals surface area contributed by atoms with Crippen LogP contribution < -0.4 is 15.1 Å². The van der Waals surface area contributed by atoms with Gasteiger partial charge in [0.2, 0.25) is 5.91 Å². The summed E-state index contributed by atoms with van der Waals surface area (Å²) in [6.45, 7) is 1.25. The lowest BCUT2D eigenvalue weighted by atomic mass is 10.1. The number of hydrazone groups is 1. The summed E-state index contributed by atoms with van der Waals surface area (Å²) in [7, 11) is 0. The molecule has 0 atom stereocenters. The van der Waals surface area contributed by atoms with Crippen LogP contribution >= 0.6 is 11.8 Å². The van der Waals surface area contributed by atoms with Crippen LogP contribution in [0.1, 0.15) is 17.3 Å². The predicted molar refractivity (Wildman–Crippen MR) is 121 cm³/mol. The average molecular weight is 433 g/mol. The molecule has 0 unspecified atom stereocenters. The molecule has 1 fully saturated rings. The summed E-state index contributed by atoms with van der Waals surface area (Å²) in [5.41, 5.74) is 3.46. The van der Waals surface area contributed by atoms with Gasteiger partial charge in [-0.2, -0.15) is 0 Å². The van der Waals surface area contributed by atoms with Crippen LogP contribution in [0.25, 0.3) is 10.8 Å². The lowest BCUT2D eigenvalue weighted by Gasteiger charge is -2.16. The first-order chi connectivity index (χ1) is 15.0. The fourth-order valence-corrected chi connectivity index (χ4v) is 3.94. The number of Topliss-reactive ketones (excluding diaryl/α,β-unsaturated/α-hetero) is 1. The minimum absolute atomic E-state index is 0.0984. The number of hydrogen-bond acceptors (Lipinski definition) is 6. The maximum atomic E-state index is 12.3. The number of nitrogens with zero attached hydrogens (tertiary/aromatic N) is 2. The Kier molecular flexibility index (Phi) is 5.99. The van der Waals surface area contributed by atoms with Crippen LogP contribution in [-0.4, -0.2) is 35.1 Å². The van der Waals surface area contributed by atoms with E-state index in [1.54, 1.807) is 30.3 Å². The molecule has 0 saturated carbocycles. The molecule has 0 bridgehead atoms. The average Bonchev–Trinajstić information content (AvgIpc) is 3.16. The summed E-state index contributed by atoms with van der Waals surface area (Å²) in [4.78, 5) is 37.6. The molecule has 0 spiro atoms. The molecule has 0 aromatic heterocycles. The van der Waals surface area contributed by atoms with Crippen LogP contribution in [0.2, 0.25) is 0 Å². The summed E-state index contributed by atoms with van der Waals surface area (Å²) in [5.74, 6) is 0.0598. The van der Waals surface area contributed by atoms with E-state index in [2.05, 4.69) is 10.5 Å². The van der Waals surface area contributed by atoms with Crippen LogP contribution in [-0.2, 0) is 9.59 Å². The second-order valence-electron chi connectivity index (χ2n) is 6.85. The minimum Gasteiger partial charge on any atom is -0.484 e. The number of carbonyl (C=O) groups excluding carboxylic acids is 3. The van der Waals surface area contributed by atoms with Crippen LogP contribution in [0.5, 0.6) is 5.75 Å². The van der Waals surface area contributed by atoms with Crippen LogP contribution in [0, 0.1) is 0 Å². The van der Waals surface area contributed by atoms with Gasteiger partial charge in [0, 0.05) is 5.56 Å². The second-order valence-corrected chi connectivity index (χ2v) is 7.79. The van der Waals surface area contributed by atoms with E-state index in [-0.39, 0.29) is 24.1 Å². The van der Waals surface area contributed by atoms with Gasteiger partial charge in [0.15, 0.2) is 17.6 Å². The Morgan fingerprint density at radius 2 is 1.87 bits per heavy atom. The lowest BCUT2D eigenvalue weighted by Crippen LogP contribution is -2.32. The number of anilines is 1. The van der Waals surface area contributed by atoms with Crippen LogP contribution in [0.15, 0.2) is 71.8 Å². The van der Waals surface area contributed by atoms with Crippen molar-refractivity contribution < 1.29 is 19.1 Å². The molecule has 8 heteroatoms. The molecule has 2 amide bonds. The number of hydrogen-bond donors (Lipinski definition) is 1. The highest BCUT2D eigenvalue weighted by Gasteiger charge is 2.30. The van der Waals surface area contributed by atoms with Gasteiger partial charge in [-0.25, -0.2) is 5.43 Å². The van der Waals surface area contributed by atoms with Crippen molar-refractivity contribution in [3.05, 3.63) is 72.3 Å². The normalized spacial score (nSPS) is 14.8. The Hall–Kier alpha value is -3.65. The van der Waals surface area contributed by atoms with E-state index in [9.17, 15) is 14.4 Å². The van der Waals surface area contributed by atoms with Crippen molar-refractivity contribution in [1.82, 2.24) is 5.43 Å². The summed E-state index contributed by atoms with van der Waals surface area (Å²) in [6.07, 6.45) is 0. The molecule has 0 radical (unpaired) electrons. The molecule has 31 heavy (non-hydrogen) atoms. The molecule has 1 N–H and O–H groups in total. The van der Waals surface area contributed by atoms with Gasteiger partial charge in [0.25, 0.3) is 5.91 Å². The summed E-state index contributed by atoms with van der Waals surface area (Å²) in [5, 5.41) is 6.53. The zero-order valence-electron chi connectivity index (χ0n) is 16.7. The first kappa shape index (κ1) is 20.6. The SMILES string of the molecule is CC(=O)c1cccc(N2C(=O)CS/C2=N\NC(=O)COc2ccc3ccccc3c2)c1. The Morgan fingerprint density at radius 3 is 2.68 bits per heavy atom. The van der Waals surface area contributed by atoms with E-state index < -0.39 is 5.91 Å². The van der Waals surface area contributed by atoms with Gasteiger partial charge >= 0.3 is 0 Å². The largest absolute Gasteiger partial charge is 0.484 e. The third-order valence-corrected chi connectivity index (χ3v) is 5.57. The van der Waals surface area contributed by atoms with Gasteiger partial charge < -0.3 is 4.74 Å². The topological polar surface area (TPSA) is 88.1 Å². The number of thioether (sulfide) groups is 1. The zero-order chi connectivity index (χ0) is 21.8. The van der Waals surface area contributed by atoms with Crippen molar-refractivity contribution in [2.24, 2.45) is 5.10 Å². The van der Waals surface area contributed by atoms with Crippen molar-refractivity contribution in [2.45, 2.75) is 6.92 Å². The monoisotopic (exact) mass is 433 g/mol. The fourth-order valence-electron chi connectivity index (χ4n) is 3.11. The van der Waals surface area contributed by atoms with Gasteiger partial charge in [-0.1, -0.05) is 54.2 Å². The number of amidine groups is 1.